The molecule has 4 rings (SSSR count). The summed E-state index contributed by atoms with van der Waals surface area (Å²) in [5.74, 6) is 0.187. The number of nitro benzene ring substituents is 1. The molecule has 0 bridgehead atoms. The number of rotatable bonds is 4. The number of para-hydroxylation sites is 1. The van der Waals surface area contributed by atoms with Crippen LogP contribution in [0.5, 0.6) is 11.8 Å². The van der Waals surface area contributed by atoms with E-state index in [1.54, 1.807) is 0 Å². The molecule has 2 heterocycles. The first-order chi connectivity index (χ1) is 12.6. The minimum atomic E-state index is -0.531. The Bertz CT molecular complexity index is 1170. The van der Waals surface area contributed by atoms with Crippen LogP contribution in [0.25, 0.3) is 16.7 Å². The maximum absolute atomic E-state index is 12.3. The van der Waals surface area contributed by atoms with Crippen molar-refractivity contribution in [1.82, 2.24) is 19.7 Å². The lowest BCUT2D eigenvalue weighted by Crippen LogP contribution is -2.10. The molecule has 0 saturated carbocycles. The average molecular weight is 349 g/mol. The highest BCUT2D eigenvalue weighted by Crippen LogP contribution is 2.23. The number of nitrogens with one attached hydrogen (secondary N) is 1. The van der Waals surface area contributed by atoms with Crippen LogP contribution in [0, 0.1) is 10.1 Å². The first-order valence-corrected chi connectivity index (χ1v) is 7.57. The minimum Gasteiger partial charge on any atom is -0.425 e. The summed E-state index contributed by atoms with van der Waals surface area (Å²) in [6, 6.07) is 14.7. The van der Waals surface area contributed by atoms with Gasteiger partial charge < -0.3 is 4.74 Å². The van der Waals surface area contributed by atoms with E-state index >= 15 is 0 Å². The molecule has 0 amide bonds. The van der Waals surface area contributed by atoms with Crippen LogP contribution >= 0.6 is 0 Å². The minimum absolute atomic E-state index is 0.0827. The highest BCUT2D eigenvalue weighted by atomic mass is 16.6. The van der Waals surface area contributed by atoms with Gasteiger partial charge in [0.15, 0.2) is 5.65 Å². The van der Waals surface area contributed by atoms with Crippen molar-refractivity contribution in [3.63, 3.8) is 0 Å². The number of hydrogen-bond acceptors (Lipinski definition) is 6. The van der Waals surface area contributed by atoms with E-state index in [0.29, 0.717) is 11.0 Å². The number of fused-ring (bicyclic) bond motifs is 1. The smallest absolute Gasteiger partial charge is 0.304 e. The summed E-state index contributed by atoms with van der Waals surface area (Å²) in [6.07, 6.45) is 1.42. The molecule has 0 aliphatic rings. The predicted octanol–water partition coefficient (Wildman–Crippen LogP) is 2.81. The number of aromatic nitrogens is 4. The molecule has 0 aliphatic heterocycles. The van der Waals surface area contributed by atoms with E-state index in [4.69, 9.17) is 4.74 Å². The van der Waals surface area contributed by atoms with E-state index in [9.17, 15) is 14.9 Å². The molecular weight excluding hydrogens is 338 g/mol. The molecule has 9 nitrogen and oxygen atoms in total. The number of benzene rings is 2. The van der Waals surface area contributed by atoms with Gasteiger partial charge in [-0.2, -0.15) is 10.1 Å². The summed E-state index contributed by atoms with van der Waals surface area (Å²) in [5.41, 5.74) is 0.514. The van der Waals surface area contributed by atoms with E-state index in [1.165, 1.54) is 35.1 Å². The molecule has 0 radical (unpaired) electrons. The number of nitrogens with zero attached hydrogens (tertiary/aromatic N) is 4. The van der Waals surface area contributed by atoms with Gasteiger partial charge in [-0.25, -0.2) is 4.68 Å². The van der Waals surface area contributed by atoms with E-state index in [2.05, 4.69) is 15.1 Å². The lowest BCUT2D eigenvalue weighted by molar-refractivity contribution is -0.384. The third kappa shape index (κ3) is 2.77. The summed E-state index contributed by atoms with van der Waals surface area (Å²) in [5, 5.41) is 15.4. The molecule has 0 atom stereocenters. The zero-order valence-corrected chi connectivity index (χ0v) is 13.2. The zero-order valence-electron chi connectivity index (χ0n) is 13.2. The summed E-state index contributed by atoms with van der Waals surface area (Å²) >= 11 is 0. The van der Waals surface area contributed by atoms with Crippen LogP contribution in [0.3, 0.4) is 0 Å². The zero-order chi connectivity index (χ0) is 18.1. The Kier molecular flexibility index (Phi) is 3.66. The Balaban J connectivity index is 1.78. The van der Waals surface area contributed by atoms with Crippen LogP contribution in [0.15, 0.2) is 65.6 Å². The standard InChI is InChI=1S/C17H11N5O4/c23-16-14-10-18-21(11-5-2-1-3-6-11)15(14)19-17(20-16)26-13-8-4-7-12(9-13)22(24)25/h1-10H,(H,19,20,23). The maximum atomic E-state index is 12.3. The van der Waals surface area contributed by atoms with Crippen LogP contribution in [-0.4, -0.2) is 24.7 Å². The van der Waals surface area contributed by atoms with Crippen molar-refractivity contribution in [1.29, 1.82) is 0 Å². The van der Waals surface area contributed by atoms with Gasteiger partial charge in [0.2, 0.25) is 0 Å². The fraction of sp³-hybridized carbons (Fsp3) is 0. The second-order valence-electron chi connectivity index (χ2n) is 5.36. The molecule has 2 aromatic carbocycles. The number of nitro groups is 1. The molecule has 0 saturated heterocycles. The Morgan fingerprint density at radius 1 is 1.12 bits per heavy atom. The molecule has 1 N–H and O–H groups in total. The van der Waals surface area contributed by atoms with Crippen LogP contribution in [0.2, 0.25) is 0 Å². The molecule has 0 unspecified atom stereocenters. The SMILES string of the molecule is O=c1[nH]c(Oc2cccc([N+](=O)[O-])c2)nc2c1cnn2-c1ccccc1. The van der Waals surface area contributed by atoms with Gasteiger partial charge in [0, 0.05) is 6.07 Å². The topological polar surface area (TPSA) is 116 Å². The normalized spacial score (nSPS) is 10.8. The quantitative estimate of drug-likeness (QED) is 0.447. The predicted molar refractivity (Wildman–Crippen MR) is 92.7 cm³/mol. The van der Waals surface area contributed by atoms with Gasteiger partial charge >= 0.3 is 6.01 Å². The summed E-state index contributed by atoms with van der Waals surface area (Å²) in [6.45, 7) is 0. The van der Waals surface area contributed by atoms with Crippen LogP contribution in [-0.2, 0) is 0 Å². The summed E-state index contributed by atoms with van der Waals surface area (Å²) < 4.78 is 7.02. The first-order valence-electron chi connectivity index (χ1n) is 7.57. The molecule has 2 aromatic heterocycles. The second-order valence-corrected chi connectivity index (χ2v) is 5.36. The lowest BCUT2D eigenvalue weighted by atomic mass is 10.3. The number of H-pyrrole nitrogens is 1. The van der Waals surface area contributed by atoms with Crippen LogP contribution in [0.1, 0.15) is 0 Å². The molecule has 4 aromatic rings. The molecule has 0 aliphatic carbocycles. The number of non-ortho nitro benzene ring substituents is 1. The van der Waals surface area contributed by atoms with Crippen molar-refractivity contribution in [2.24, 2.45) is 0 Å². The fourth-order valence-electron chi connectivity index (χ4n) is 2.48. The van der Waals surface area contributed by atoms with Crippen molar-refractivity contribution in [3.8, 4) is 17.4 Å². The fourth-order valence-corrected chi connectivity index (χ4v) is 2.48. The van der Waals surface area contributed by atoms with Crippen molar-refractivity contribution >= 4 is 16.7 Å². The van der Waals surface area contributed by atoms with Gasteiger partial charge in [0.05, 0.1) is 22.9 Å². The molecule has 0 spiro atoms. The number of ether oxygens (including phenoxy) is 1. The van der Waals surface area contributed by atoms with Crippen LogP contribution < -0.4 is 10.3 Å². The van der Waals surface area contributed by atoms with Crippen molar-refractivity contribution in [2.75, 3.05) is 0 Å². The summed E-state index contributed by atoms with van der Waals surface area (Å²) in [4.78, 5) is 29.4. The van der Waals surface area contributed by atoms with E-state index in [-0.39, 0.29) is 17.4 Å². The van der Waals surface area contributed by atoms with Crippen molar-refractivity contribution in [2.45, 2.75) is 0 Å². The molecule has 9 heteroatoms. The molecular formula is C17H11N5O4. The molecule has 26 heavy (non-hydrogen) atoms. The second kappa shape index (κ2) is 6.13. The van der Waals surface area contributed by atoms with Gasteiger partial charge in [-0.15, -0.1) is 0 Å². The monoisotopic (exact) mass is 349 g/mol. The molecule has 128 valence electrons. The van der Waals surface area contributed by atoms with E-state index in [1.807, 2.05) is 30.3 Å². The lowest BCUT2D eigenvalue weighted by Gasteiger charge is -2.06. The first kappa shape index (κ1) is 15.5. The van der Waals surface area contributed by atoms with E-state index < -0.39 is 10.5 Å². The summed E-state index contributed by atoms with van der Waals surface area (Å²) in [7, 11) is 0. The van der Waals surface area contributed by atoms with Gasteiger partial charge in [-0.3, -0.25) is 19.9 Å². The largest absolute Gasteiger partial charge is 0.425 e. The number of aromatic amines is 1. The molecule has 0 fully saturated rings. The van der Waals surface area contributed by atoms with Crippen molar-refractivity contribution < 1.29 is 9.66 Å². The number of hydrogen-bond donors (Lipinski definition) is 1. The van der Waals surface area contributed by atoms with Gasteiger partial charge in [0.1, 0.15) is 11.1 Å². The third-order valence-electron chi connectivity index (χ3n) is 3.66. The Morgan fingerprint density at radius 2 is 1.92 bits per heavy atom. The average Bonchev–Trinajstić information content (AvgIpc) is 3.07. The van der Waals surface area contributed by atoms with Gasteiger partial charge in [-0.1, -0.05) is 24.3 Å². The Morgan fingerprint density at radius 3 is 2.69 bits per heavy atom. The maximum Gasteiger partial charge on any atom is 0.304 e. The highest BCUT2D eigenvalue weighted by Gasteiger charge is 2.13. The Hall–Kier alpha value is -4.01. The van der Waals surface area contributed by atoms with Gasteiger partial charge in [-0.05, 0) is 18.2 Å². The highest BCUT2D eigenvalue weighted by molar-refractivity contribution is 5.75. The van der Waals surface area contributed by atoms with Crippen molar-refractivity contribution in [3.05, 3.63) is 81.3 Å². The van der Waals surface area contributed by atoms with Crippen LogP contribution in [0.4, 0.5) is 5.69 Å². The van der Waals surface area contributed by atoms with Gasteiger partial charge in [0.25, 0.3) is 11.2 Å². The Labute approximate surface area is 145 Å². The van der Waals surface area contributed by atoms with E-state index in [0.717, 1.165) is 5.69 Å². The third-order valence-corrected chi connectivity index (χ3v) is 3.66.